The molecule has 8 nitrogen and oxygen atoms in total. The first-order chi connectivity index (χ1) is 13.8. The Balaban J connectivity index is 2.19. The topological polar surface area (TPSA) is 104 Å². The van der Waals surface area contributed by atoms with Crippen LogP contribution in [-0.2, 0) is 16.1 Å². The first kappa shape index (κ1) is 20.7. The van der Waals surface area contributed by atoms with Crippen LogP contribution in [0.1, 0.15) is 22.8 Å². The number of nitro benzene ring substituents is 1. The maximum Gasteiger partial charge on any atom is 0.326 e. The summed E-state index contributed by atoms with van der Waals surface area (Å²) < 4.78 is 7.43. The molecule has 0 aliphatic rings. The number of aryl methyl sites for hydroxylation is 1. The van der Waals surface area contributed by atoms with E-state index in [0.717, 1.165) is 21.8 Å². The molecule has 0 radical (unpaired) electrons. The SMILES string of the molecule is CCOC(=O)Cn1c(=NC(=O)c2cc(Cl)ccc2[N+](=O)[O-])sc2cccc(C)c21. The Morgan fingerprint density at radius 3 is 2.76 bits per heavy atom. The molecule has 0 bridgehead atoms. The van der Waals surface area contributed by atoms with Crippen molar-refractivity contribution in [3.63, 3.8) is 0 Å². The lowest BCUT2D eigenvalue weighted by Gasteiger charge is -2.07. The molecular formula is C19H16ClN3O5S. The van der Waals surface area contributed by atoms with E-state index in [1.807, 2.05) is 25.1 Å². The van der Waals surface area contributed by atoms with E-state index in [9.17, 15) is 19.7 Å². The van der Waals surface area contributed by atoms with E-state index in [-0.39, 0.29) is 28.5 Å². The van der Waals surface area contributed by atoms with Crippen LogP contribution < -0.4 is 4.80 Å². The number of para-hydroxylation sites is 1. The van der Waals surface area contributed by atoms with Gasteiger partial charge in [-0.05, 0) is 37.6 Å². The largest absolute Gasteiger partial charge is 0.465 e. The summed E-state index contributed by atoms with van der Waals surface area (Å²) in [5.41, 5.74) is 1.03. The molecule has 2 aromatic carbocycles. The van der Waals surface area contributed by atoms with Crippen LogP contribution in [0.3, 0.4) is 0 Å². The van der Waals surface area contributed by atoms with Crippen molar-refractivity contribution in [2.75, 3.05) is 6.61 Å². The van der Waals surface area contributed by atoms with Gasteiger partial charge in [0.25, 0.3) is 11.6 Å². The number of halogens is 1. The first-order valence-corrected chi connectivity index (χ1v) is 9.78. The molecule has 150 valence electrons. The van der Waals surface area contributed by atoms with Crippen molar-refractivity contribution in [3.8, 4) is 0 Å². The summed E-state index contributed by atoms with van der Waals surface area (Å²) in [5, 5.41) is 11.4. The Bertz CT molecular complexity index is 1200. The molecule has 1 heterocycles. The van der Waals surface area contributed by atoms with E-state index in [2.05, 4.69) is 4.99 Å². The fraction of sp³-hybridized carbons (Fsp3) is 0.211. The number of esters is 1. The fourth-order valence-corrected chi connectivity index (χ4v) is 4.14. The van der Waals surface area contributed by atoms with Crippen LogP contribution in [0.25, 0.3) is 10.2 Å². The normalized spacial score (nSPS) is 11.6. The van der Waals surface area contributed by atoms with Gasteiger partial charge in [-0.3, -0.25) is 19.7 Å². The van der Waals surface area contributed by atoms with Crippen LogP contribution in [0, 0.1) is 17.0 Å². The fourth-order valence-electron chi connectivity index (χ4n) is 2.86. The van der Waals surface area contributed by atoms with Gasteiger partial charge in [-0.25, -0.2) is 0 Å². The number of fused-ring (bicyclic) bond motifs is 1. The van der Waals surface area contributed by atoms with Crippen molar-refractivity contribution in [2.24, 2.45) is 4.99 Å². The zero-order valence-corrected chi connectivity index (χ0v) is 17.1. The van der Waals surface area contributed by atoms with Gasteiger partial charge in [0.2, 0.25) is 0 Å². The number of hydrogen-bond donors (Lipinski definition) is 0. The summed E-state index contributed by atoms with van der Waals surface area (Å²) >= 11 is 7.11. The molecule has 10 heteroatoms. The Morgan fingerprint density at radius 1 is 1.31 bits per heavy atom. The van der Waals surface area contributed by atoms with E-state index < -0.39 is 22.5 Å². The van der Waals surface area contributed by atoms with Crippen molar-refractivity contribution in [1.82, 2.24) is 4.57 Å². The lowest BCUT2D eigenvalue weighted by atomic mass is 10.2. The number of rotatable bonds is 5. The summed E-state index contributed by atoms with van der Waals surface area (Å²) in [4.78, 5) is 39.8. The minimum absolute atomic E-state index is 0.136. The molecule has 29 heavy (non-hydrogen) atoms. The lowest BCUT2D eigenvalue weighted by molar-refractivity contribution is -0.385. The second kappa shape index (κ2) is 8.54. The number of ether oxygens (including phenoxy) is 1. The summed E-state index contributed by atoms with van der Waals surface area (Å²) in [6, 6.07) is 9.28. The van der Waals surface area contributed by atoms with Gasteiger partial charge < -0.3 is 9.30 Å². The third kappa shape index (κ3) is 4.36. The van der Waals surface area contributed by atoms with Crippen LogP contribution in [0.5, 0.6) is 0 Å². The number of carbonyl (C=O) groups excluding carboxylic acids is 2. The smallest absolute Gasteiger partial charge is 0.326 e. The van der Waals surface area contributed by atoms with Crippen molar-refractivity contribution in [2.45, 2.75) is 20.4 Å². The molecule has 0 atom stereocenters. The van der Waals surface area contributed by atoms with Crippen molar-refractivity contribution < 1.29 is 19.2 Å². The van der Waals surface area contributed by atoms with E-state index in [0.29, 0.717) is 0 Å². The number of thiazole rings is 1. The highest BCUT2D eigenvalue weighted by Crippen LogP contribution is 2.24. The van der Waals surface area contributed by atoms with Crippen LogP contribution in [0.4, 0.5) is 5.69 Å². The number of nitro groups is 1. The van der Waals surface area contributed by atoms with E-state index in [4.69, 9.17) is 16.3 Å². The molecular weight excluding hydrogens is 418 g/mol. The summed E-state index contributed by atoms with van der Waals surface area (Å²) in [6.45, 7) is 3.67. The molecule has 0 spiro atoms. The number of nitrogens with zero attached hydrogens (tertiary/aromatic N) is 3. The maximum atomic E-state index is 12.8. The maximum absolute atomic E-state index is 12.8. The third-order valence-electron chi connectivity index (χ3n) is 4.08. The summed E-state index contributed by atoms with van der Waals surface area (Å²) in [7, 11) is 0. The molecule has 0 aliphatic heterocycles. The van der Waals surface area contributed by atoms with E-state index >= 15 is 0 Å². The van der Waals surface area contributed by atoms with Gasteiger partial charge in [0.15, 0.2) is 4.80 Å². The van der Waals surface area contributed by atoms with Gasteiger partial charge in [0.05, 0.1) is 21.7 Å². The minimum atomic E-state index is -0.819. The number of amides is 1. The second-order valence-electron chi connectivity index (χ2n) is 6.03. The zero-order valence-electron chi connectivity index (χ0n) is 15.5. The Labute approximate surface area is 174 Å². The molecule has 3 aromatic rings. The van der Waals surface area contributed by atoms with Crippen LogP contribution in [0.2, 0.25) is 5.02 Å². The first-order valence-electron chi connectivity index (χ1n) is 8.59. The molecule has 0 saturated heterocycles. The molecule has 1 amide bonds. The van der Waals surface area contributed by atoms with E-state index in [1.165, 1.54) is 23.5 Å². The van der Waals surface area contributed by atoms with Gasteiger partial charge in [-0.15, -0.1) is 0 Å². The highest BCUT2D eigenvalue weighted by Gasteiger charge is 2.21. The van der Waals surface area contributed by atoms with Crippen LogP contribution in [-0.4, -0.2) is 28.0 Å². The third-order valence-corrected chi connectivity index (χ3v) is 5.36. The lowest BCUT2D eigenvalue weighted by Crippen LogP contribution is -2.23. The predicted octanol–water partition coefficient (Wildman–Crippen LogP) is 3.88. The Morgan fingerprint density at radius 2 is 2.07 bits per heavy atom. The van der Waals surface area contributed by atoms with Crippen molar-refractivity contribution >= 4 is 50.7 Å². The second-order valence-corrected chi connectivity index (χ2v) is 7.48. The van der Waals surface area contributed by atoms with Crippen molar-refractivity contribution in [3.05, 3.63) is 67.5 Å². The highest BCUT2D eigenvalue weighted by molar-refractivity contribution is 7.16. The molecule has 0 fully saturated rings. The van der Waals surface area contributed by atoms with Gasteiger partial charge in [0, 0.05) is 11.1 Å². The standard InChI is InChI=1S/C19H16ClN3O5S/c1-3-28-16(24)10-22-17-11(2)5-4-6-15(17)29-19(22)21-18(25)13-9-12(20)7-8-14(13)23(26)27/h4-9H,3,10H2,1-2H3. The Hall–Kier alpha value is -3.04. The predicted molar refractivity (Wildman–Crippen MR) is 109 cm³/mol. The molecule has 0 saturated carbocycles. The van der Waals surface area contributed by atoms with Gasteiger partial charge in [0.1, 0.15) is 12.1 Å². The highest BCUT2D eigenvalue weighted by atomic mass is 35.5. The molecule has 1 aromatic heterocycles. The van der Waals surface area contributed by atoms with Gasteiger partial charge in [-0.1, -0.05) is 35.1 Å². The van der Waals surface area contributed by atoms with E-state index in [1.54, 1.807) is 11.5 Å². The average Bonchev–Trinajstić information content (AvgIpc) is 2.99. The number of benzene rings is 2. The molecule has 0 unspecified atom stereocenters. The van der Waals surface area contributed by atoms with Crippen LogP contribution >= 0.6 is 22.9 Å². The number of aromatic nitrogens is 1. The summed E-state index contributed by atoms with van der Waals surface area (Å²) in [6.07, 6.45) is 0. The van der Waals surface area contributed by atoms with Gasteiger partial charge >= 0.3 is 5.97 Å². The van der Waals surface area contributed by atoms with Crippen LogP contribution in [0.15, 0.2) is 41.4 Å². The summed E-state index contributed by atoms with van der Waals surface area (Å²) in [5.74, 6) is -1.29. The molecule has 0 N–H and O–H groups in total. The number of hydrogen-bond acceptors (Lipinski definition) is 6. The minimum Gasteiger partial charge on any atom is -0.465 e. The molecule has 3 rings (SSSR count). The van der Waals surface area contributed by atoms with Gasteiger partial charge in [-0.2, -0.15) is 4.99 Å². The monoisotopic (exact) mass is 433 g/mol. The average molecular weight is 434 g/mol. The van der Waals surface area contributed by atoms with Crippen molar-refractivity contribution in [1.29, 1.82) is 0 Å². The number of carbonyl (C=O) groups is 2. The zero-order chi connectivity index (χ0) is 21.1. The Kier molecular flexibility index (Phi) is 6.09. The quantitative estimate of drug-likeness (QED) is 0.345. The molecule has 0 aliphatic carbocycles.